The number of ether oxygens (including phenoxy) is 1. The molecule has 1 rings (SSSR count). The maximum Gasteiger partial charge on any atom is 0.373 e. The van der Waals surface area contributed by atoms with Crippen LogP contribution >= 0.6 is 0 Å². The third-order valence-electron chi connectivity index (χ3n) is 2.23. The molecule has 0 aliphatic rings. The first-order valence-electron chi connectivity index (χ1n) is 5.70. The number of carbonyl (C=O) groups is 1. The summed E-state index contributed by atoms with van der Waals surface area (Å²) in [5, 5.41) is 0. The number of hydrogen-bond acceptors (Lipinski definition) is 5. The molecule has 6 heteroatoms. The van der Waals surface area contributed by atoms with Crippen molar-refractivity contribution in [3.8, 4) is 0 Å². The van der Waals surface area contributed by atoms with E-state index in [9.17, 15) is 4.79 Å². The number of nitrogens with zero attached hydrogens (tertiary/aromatic N) is 1. The van der Waals surface area contributed by atoms with Gasteiger partial charge in [-0.3, -0.25) is 0 Å². The van der Waals surface area contributed by atoms with E-state index in [1.807, 2.05) is 16.8 Å². The molecule has 0 fully saturated rings. The average Bonchev–Trinajstić information content (AvgIpc) is 2.74. The fourth-order valence-electron chi connectivity index (χ4n) is 1.53. The molecule has 0 aliphatic heterocycles. The van der Waals surface area contributed by atoms with E-state index in [1.54, 1.807) is 6.92 Å². The number of aryl methyl sites for hydroxylation is 1. The maximum atomic E-state index is 11.5. The Kier molecular flexibility index (Phi) is 8.18. The molecule has 0 saturated heterocycles. The van der Waals surface area contributed by atoms with Crippen molar-refractivity contribution in [3.63, 3.8) is 0 Å². The molecule has 2 N–H and O–H groups in total. The number of esters is 1. The molecule has 18 heavy (non-hydrogen) atoms. The van der Waals surface area contributed by atoms with E-state index in [1.165, 1.54) is 0 Å². The van der Waals surface area contributed by atoms with E-state index in [-0.39, 0.29) is 12.1 Å². The predicted molar refractivity (Wildman–Crippen MR) is 63.8 cm³/mol. The van der Waals surface area contributed by atoms with Crippen LogP contribution in [0, 0.1) is 0 Å². The summed E-state index contributed by atoms with van der Waals surface area (Å²) in [6, 6.07) is 1.87. The molecule has 1 heterocycles. The van der Waals surface area contributed by atoms with Crippen LogP contribution in [0.5, 0.6) is 0 Å². The number of aromatic nitrogens is 1. The highest BCUT2D eigenvalue weighted by molar-refractivity contribution is 5.89. The summed E-state index contributed by atoms with van der Waals surface area (Å²) in [5.74, 6) is -0.261. The van der Waals surface area contributed by atoms with Gasteiger partial charge in [0.05, 0.1) is 12.2 Å². The second-order valence-electron chi connectivity index (χ2n) is 3.36. The first-order chi connectivity index (χ1) is 8.64. The van der Waals surface area contributed by atoms with Crippen molar-refractivity contribution in [3.05, 3.63) is 23.5 Å². The topological polar surface area (TPSA) is 91.4 Å². The second kappa shape index (κ2) is 9.15. The number of hydrogen-bond donors (Lipinski definition) is 1. The Hall–Kier alpha value is -1.91. The molecule has 100 valence electrons. The lowest BCUT2D eigenvalue weighted by Crippen LogP contribution is -2.11. The molecule has 6 nitrogen and oxygen atoms in total. The summed E-state index contributed by atoms with van der Waals surface area (Å²) < 4.78 is 6.94. The molecule has 1 aromatic rings. The van der Waals surface area contributed by atoms with Gasteiger partial charge in [0.25, 0.3) is 0 Å². The van der Waals surface area contributed by atoms with Crippen LogP contribution < -0.4 is 5.73 Å². The summed E-state index contributed by atoms with van der Waals surface area (Å²) >= 11 is 0. The van der Waals surface area contributed by atoms with Gasteiger partial charge in [-0.2, -0.15) is 9.59 Å². The highest BCUT2D eigenvalue weighted by Crippen LogP contribution is 2.10. The van der Waals surface area contributed by atoms with Gasteiger partial charge >= 0.3 is 12.1 Å². The minimum Gasteiger partial charge on any atom is -0.462 e. The Morgan fingerprint density at radius 2 is 2.06 bits per heavy atom. The largest absolute Gasteiger partial charge is 0.462 e. The van der Waals surface area contributed by atoms with Gasteiger partial charge in [0.15, 0.2) is 0 Å². The minimum absolute atomic E-state index is 0.250. The molecular formula is C12H18N2O4. The smallest absolute Gasteiger partial charge is 0.373 e. The number of nitrogens with two attached hydrogens (primary N) is 1. The first kappa shape index (κ1) is 16.1. The lowest BCUT2D eigenvalue weighted by molar-refractivity contribution is -0.191. The normalized spacial score (nSPS) is 9.06. The van der Waals surface area contributed by atoms with Crippen LogP contribution in [0.2, 0.25) is 0 Å². The SMILES string of the molecule is CCOC(=O)c1cc(CC)n(CCN)c1.O=C=O. The maximum absolute atomic E-state index is 11.5. The molecule has 0 unspecified atom stereocenters. The zero-order valence-corrected chi connectivity index (χ0v) is 10.6. The molecule has 0 spiro atoms. The van der Waals surface area contributed by atoms with E-state index in [4.69, 9.17) is 20.1 Å². The van der Waals surface area contributed by atoms with Crippen LogP contribution in [-0.2, 0) is 27.3 Å². The molecule has 0 saturated carbocycles. The molecule has 0 aromatic carbocycles. The summed E-state index contributed by atoms with van der Waals surface area (Å²) in [5.41, 5.74) is 7.22. The van der Waals surface area contributed by atoms with E-state index in [0.29, 0.717) is 18.7 Å². The highest BCUT2D eigenvalue weighted by Gasteiger charge is 2.11. The third-order valence-corrected chi connectivity index (χ3v) is 2.23. The van der Waals surface area contributed by atoms with Gasteiger partial charge in [0.2, 0.25) is 0 Å². The quantitative estimate of drug-likeness (QED) is 0.777. The fraction of sp³-hybridized carbons (Fsp3) is 0.500. The lowest BCUT2D eigenvalue weighted by atomic mass is 10.3. The van der Waals surface area contributed by atoms with Crippen molar-refractivity contribution in [2.45, 2.75) is 26.8 Å². The van der Waals surface area contributed by atoms with Crippen molar-refractivity contribution < 1.29 is 19.1 Å². The first-order valence-corrected chi connectivity index (χ1v) is 5.70. The molecule has 1 aromatic heterocycles. The van der Waals surface area contributed by atoms with Crippen LogP contribution in [0.15, 0.2) is 12.3 Å². The standard InChI is InChI=1S/C11H18N2O2.CO2/c1-3-10-7-9(11(14)15-4-2)8-13(10)6-5-12;2-1-3/h7-8H,3-6,12H2,1-2H3;. The zero-order chi connectivity index (χ0) is 14.0. The summed E-state index contributed by atoms with van der Waals surface area (Å²) in [6.07, 6.45) is 2.95. The molecule has 0 aliphatic carbocycles. The Morgan fingerprint density at radius 3 is 2.50 bits per heavy atom. The molecule has 0 amide bonds. The van der Waals surface area contributed by atoms with Gasteiger partial charge in [-0.1, -0.05) is 6.92 Å². The van der Waals surface area contributed by atoms with Gasteiger partial charge in [-0.15, -0.1) is 0 Å². The Labute approximate surface area is 106 Å². The van der Waals surface area contributed by atoms with E-state index in [2.05, 4.69) is 6.92 Å². The van der Waals surface area contributed by atoms with Crippen LogP contribution in [0.3, 0.4) is 0 Å². The van der Waals surface area contributed by atoms with Crippen LogP contribution in [0.25, 0.3) is 0 Å². The number of rotatable bonds is 5. The fourth-order valence-corrected chi connectivity index (χ4v) is 1.53. The molecule has 0 bridgehead atoms. The average molecular weight is 254 g/mol. The minimum atomic E-state index is -0.261. The predicted octanol–water partition coefficient (Wildman–Crippen LogP) is 0.602. The lowest BCUT2D eigenvalue weighted by Gasteiger charge is -2.03. The Balaban J connectivity index is 0.000000873. The Morgan fingerprint density at radius 1 is 1.44 bits per heavy atom. The zero-order valence-electron chi connectivity index (χ0n) is 10.6. The molecule has 0 atom stereocenters. The van der Waals surface area contributed by atoms with Gasteiger partial charge in [-0.05, 0) is 19.4 Å². The van der Waals surface area contributed by atoms with E-state index in [0.717, 1.165) is 18.7 Å². The van der Waals surface area contributed by atoms with Crippen molar-refractivity contribution in [1.29, 1.82) is 0 Å². The van der Waals surface area contributed by atoms with Crippen LogP contribution in [0.4, 0.5) is 0 Å². The van der Waals surface area contributed by atoms with Crippen LogP contribution in [0.1, 0.15) is 29.9 Å². The van der Waals surface area contributed by atoms with E-state index >= 15 is 0 Å². The molecule has 0 radical (unpaired) electrons. The van der Waals surface area contributed by atoms with Crippen molar-refractivity contribution >= 4 is 12.1 Å². The van der Waals surface area contributed by atoms with E-state index < -0.39 is 0 Å². The third kappa shape index (κ3) is 4.95. The van der Waals surface area contributed by atoms with Crippen molar-refractivity contribution in [2.24, 2.45) is 5.73 Å². The van der Waals surface area contributed by atoms with Gasteiger partial charge in [0, 0.05) is 25.0 Å². The second-order valence-corrected chi connectivity index (χ2v) is 3.36. The summed E-state index contributed by atoms with van der Waals surface area (Å²) in [7, 11) is 0. The van der Waals surface area contributed by atoms with Crippen molar-refractivity contribution in [1.82, 2.24) is 4.57 Å². The highest BCUT2D eigenvalue weighted by atomic mass is 16.5. The van der Waals surface area contributed by atoms with Gasteiger partial charge in [0.1, 0.15) is 0 Å². The number of carbonyl (C=O) groups excluding carboxylic acids is 3. The molecular weight excluding hydrogens is 236 g/mol. The van der Waals surface area contributed by atoms with Crippen molar-refractivity contribution in [2.75, 3.05) is 13.2 Å². The van der Waals surface area contributed by atoms with Gasteiger partial charge < -0.3 is 15.0 Å². The summed E-state index contributed by atoms with van der Waals surface area (Å²) in [6.45, 7) is 5.57. The van der Waals surface area contributed by atoms with Gasteiger partial charge in [-0.25, -0.2) is 4.79 Å². The Bertz CT molecular complexity index is 406. The summed E-state index contributed by atoms with van der Waals surface area (Å²) in [4.78, 5) is 27.7. The monoisotopic (exact) mass is 254 g/mol. The van der Waals surface area contributed by atoms with Crippen LogP contribution in [-0.4, -0.2) is 29.8 Å².